The van der Waals surface area contributed by atoms with Crippen LogP contribution in [0.25, 0.3) is 22.0 Å². The molecule has 0 saturated heterocycles. The molecule has 2 heterocycles. The van der Waals surface area contributed by atoms with Crippen molar-refractivity contribution in [1.82, 2.24) is 20.4 Å². The molecule has 20 heavy (non-hydrogen) atoms. The number of aromatic amines is 1. The summed E-state index contributed by atoms with van der Waals surface area (Å²) in [5.74, 6) is -0.445. The maximum Gasteiger partial charge on any atom is 0.192 e. The van der Waals surface area contributed by atoms with E-state index in [9.17, 15) is 4.39 Å². The molecular weight excluding hydrogens is 301 g/mol. The fourth-order valence-corrected chi connectivity index (χ4v) is 2.65. The highest BCUT2D eigenvalue weighted by molar-refractivity contribution is 7.13. The predicted molar refractivity (Wildman–Crippen MR) is 72.6 cm³/mol. The molecule has 1 aromatic carbocycles. The van der Waals surface area contributed by atoms with Gasteiger partial charge in [-0.1, -0.05) is 11.6 Å². The number of rotatable bonds is 2. The minimum absolute atomic E-state index is 0.151. The van der Waals surface area contributed by atoms with Crippen molar-refractivity contribution in [3.63, 3.8) is 0 Å². The highest BCUT2D eigenvalue weighted by Crippen LogP contribution is 2.31. The summed E-state index contributed by atoms with van der Waals surface area (Å²) in [7, 11) is 0. The smallest absolute Gasteiger partial charge is 0.192 e. The molecule has 0 atom stereocenters. The third kappa shape index (κ3) is 2.15. The average molecular weight is 306 g/mol. The largest absolute Gasteiger partial charge is 0.234 e. The lowest BCUT2D eigenvalue weighted by molar-refractivity contribution is 0.631. The van der Waals surface area contributed by atoms with Crippen LogP contribution in [0.5, 0.6) is 0 Å². The Balaban J connectivity index is 2.05. The first-order valence-electron chi connectivity index (χ1n) is 5.41. The second kappa shape index (κ2) is 5.00. The lowest BCUT2D eigenvalue weighted by Crippen LogP contribution is -1.86. The summed E-state index contributed by atoms with van der Waals surface area (Å²) in [5.41, 5.74) is 1.33. The normalized spacial score (nSPS) is 10.4. The van der Waals surface area contributed by atoms with Gasteiger partial charge in [0.2, 0.25) is 0 Å². The molecule has 3 aromatic rings. The second-order valence-electron chi connectivity index (χ2n) is 3.79. The van der Waals surface area contributed by atoms with Crippen LogP contribution >= 0.6 is 22.9 Å². The number of benzene rings is 1. The van der Waals surface area contributed by atoms with Crippen LogP contribution in [-0.2, 0) is 0 Å². The number of H-pyrrole nitrogens is 1. The standard InChI is InChI=1S/C12H5ClFN5S/c13-6-1-2-7(8(14)3-6)12-16-10(5-20-12)11-9(4-15)17-19-18-11/h1-3,5H,(H,17,18,19). The van der Waals surface area contributed by atoms with Gasteiger partial charge in [-0.05, 0) is 18.2 Å². The summed E-state index contributed by atoms with van der Waals surface area (Å²) < 4.78 is 13.8. The third-order valence-corrected chi connectivity index (χ3v) is 3.67. The molecule has 0 aliphatic rings. The molecule has 0 aliphatic heterocycles. The Bertz CT molecular complexity index is 819. The van der Waals surface area contributed by atoms with Crippen LogP contribution in [0.4, 0.5) is 4.39 Å². The van der Waals surface area contributed by atoms with Crippen LogP contribution in [0.2, 0.25) is 5.02 Å². The number of hydrogen-bond donors (Lipinski definition) is 1. The molecule has 0 radical (unpaired) electrons. The summed E-state index contributed by atoms with van der Waals surface area (Å²) in [5, 5.41) is 21.3. The van der Waals surface area contributed by atoms with E-state index in [1.54, 1.807) is 17.5 Å². The molecule has 5 nitrogen and oxygen atoms in total. The van der Waals surface area contributed by atoms with Crippen LogP contribution < -0.4 is 0 Å². The quantitative estimate of drug-likeness (QED) is 0.788. The van der Waals surface area contributed by atoms with E-state index in [0.29, 0.717) is 27.0 Å². The van der Waals surface area contributed by atoms with Crippen molar-refractivity contribution < 1.29 is 4.39 Å². The molecule has 0 amide bonds. The van der Waals surface area contributed by atoms with Crippen molar-refractivity contribution in [3.05, 3.63) is 40.1 Å². The van der Waals surface area contributed by atoms with Gasteiger partial charge in [-0.2, -0.15) is 15.6 Å². The third-order valence-electron chi connectivity index (χ3n) is 2.56. The van der Waals surface area contributed by atoms with E-state index >= 15 is 0 Å². The first kappa shape index (κ1) is 12.7. The molecule has 8 heteroatoms. The van der Waals surface area contributed by atoms with Crippen LogP contribution in [-0.4, -0.2) is 20.4 Å². The average Bonchev–Trinajstić information content (AvgIpc) is 3.06. The van der Waals surface area contributed by atoms with Crippen LogP contribution in [0.3, 0.4) is 0 Å². The van der Waals surface area contributed by atoms with Gasteiger partial charge in [-0.3, -0.25) is 0 Å². The van der Waals surface area contributed by atoms with E-state index in [1.807, 2.05) is 6.07 Å². The Hall–Kier alpha value is -2.30. The van der Waals surface area contributed by atoms with Crippen molar-refractivity contribution in [2.75, 3.05) is 0 Å². The number of halogens is 2. The molecule has 3 rings (SSSR count). The first-order chi connectivity index (χ1) is 9.69. The number of hydrogen-bond acceptors (Lipinski definition) is 5. The Morgan fingerprint density at radius 1 is 1.35 bits per heavy atom. The number of nitrogens with one attached hydrogen (secondary N) is 1. The Morgan fingerprint density at radius 3 is 2.95 bits per heavy atom. The van der Waals surface area contributed by atoms with E-state index in [2.05, 4.69) is 20.4 Å². The van der Waals surface area contributed by atoms with Gasteiger partial charge in [0.15, 0.2) is 5.69 Å². The molecule has 0 unspecified atom stereocenters. The second-order valence-corrected chi connectivity index (χ2v) is 5.09. The summed E-state index contributed by atoms with van der Waals surface area (Å²) >= 11 is 6.97. The minimum Gasteiger partial charge on any atom is -0.234 e. The maximum atomic E-state index is 13.8. The molecule has 0 fully saturated rings. The van der Waals surface area contributed by atoms with E-state index < -0.39 is 5.82 Å². The van der Waals surface area contributed by atoms with E-state index in [4.69, 9.17) is 16.9 Å². The van der Waals surface area contributed by atoms with Gasteiger partial charge in [0.05, 0.1) is 0 Å². The fraction of sp³-hybridized carbons (Fsp3) is 0. The van der Waals surface area contributed by atoms with Crippen molar-refractivity contribution in [1.29, 1.82) is 5.26 Å². The van der Waals surface area contributed by atoms with Gasteiger partial charge < -0.3 is 0 Å². The first-order valence-corrected chi connectivity index (χ1v) is 6.67. The number of thiazole rings is 1. The lowest BCUT2D eigenvalue weighted by Gasteiger charge is -1.98. The number of aromatic nitrogens is 4. The Morgan fingerprint density at radius 2 is 2.20 bits per heavy atom. The maximum absolute atomic E-state index is 13.8. The van der Waals surface area contributed by atoms with Gasteiger partial charge in [0.25, 0.3) is 0 Å². The molecule has 98 valence electrons. The SMILES string of the molecule is N#Cc1n[nH]nc1-c1csc(-c2ccc(Cl)cc2F)n1. The highest BCUT2D eigenvalue weighted by Gasteiger charge is 2.15. The molecule has 2 aromatic heterocycles. The minimum atomic E-state index is -0.445. The molecule has 0 aliphatic carbocycles. The summed E-state index contributed by atoms with van der Waals surface area (Å²) in [4.78, 5) is 4.28. The summed E-state index contributed by atoms with van der Waals surface area (Å²) in [6.45, 7) is 0. The topological polar surface area (TPSA) is 78.2 Å². The number of nitrogens with zero attached hydrogens (tertiary/aromatic N) is 4. The van der Waals surface area contributed by atoms with Crippen molar-refractivity contribution in [3.8, 4) is 28.0 Å². The predicted octanol–water partition coefficient (Wildman–Crippen LogP) is 3.26. The van der Waals surface area contributed by atoms with Crippen molar-refractivity contribution in [2.45, 2.75) is 0 Å². The fourth-order valence-electron chi connectivity index (χ4n) is 1.66. The monoisotopic (exact) mass is 305 g/mol. The zero-order valence-electron chi connectivity index (χ0n) is 9.76. The van der Waals surface area contributed by atoms with Gasteiger partial charge in [-0.15, -0.1) is 16.4 Å². The van der Waals surface area contributed by atoms with E-state index in [-0.39, 0.29) is 5.69 Å². The van der Waals surface area contributed by atoms with Crippen LogP contribution in [0.1, 0.15) is 5.69 Å². The lowest BCUT2D eigenvalue weighted by atomic mass is 10.2. The van der Waals surface area contributed by atoms with Crippen molar-refractivity contribution >= 4 is 22.9 Å². The summed E-state index contributed by atoms with van der Waals surface area (Å²) in [6.07, 6.45) is 0. The van der Waals surface area contributed by atoms with Gasteiger partial charge in [0, 0.05) is 16.0 Å². The Kier molecular flexibility index (Phi) is 3.18. The molecule has 1 N–H and O–H groups in total. The molecule has 0 spiro atoms. The highest BCUT2D eigenvalue weighted by atomic mass is 35.5. The zero-order valence-corrected chi connectivity index (χ0v) is 11.3. The van der Waals surface area contributed by atoms with E-state index in [1.165, 1.54) is 17.4 Å². The molecule has 0 saturated carbocycles. The Labute approximate surface area is 121 Å². The summed E-state index contributed by atoms with van der Waals surface area (Å²) in [6, 6.07) is 6.30. The molecule has 0 bridgehead atoms. The van der Waals surface area contributed by atoms with Gasteiger partial charge >= 0.3 is 0 Å². The molecular formula is C12H5ClFN5S. The van der Waals surface area contributed by atoms with Crippen molar-refractivity contribution in [2.24, 2.45) is 0 Å². The van der Waals surface area contributed by atoms with Gasteiger partial charge in [-0.25, -0.2) is 9.37 Å². The van der Waals surface area contributed by atoms with Gasteiger partial charge in [0.1, 0.15) is 28.3 Å². The van der Waals surface area contributed by atoms with Crippen LogP contribution in [0.15, 0.2) is 23.6 Å². The van der Waals surface area contributed by atoms with E-state index in [0.717, 1.165) is 0 Å². The van der Waals surface area contributed by atoms with Crippen LogP contribution in [0, 0.1) is 17.1 Å². The number of nitriles is 1. The zero-order chi connectivity index (χ0) is 14.1.